The first-order valence-corrected chi connectivity index (χ1v) is 9.59. The lowest BCUT2D eigenvalue weighted by Crippen LogP contribution is -2.39. The van der Waals surface area contributed by atoms with Crippen LogP contribution in [0, 0.1) is 11.8 Å². The summed E-state index contributed by atoms with van der Waals surface area (Å²) in [7, 11) is 0. The Hall–Kier alpha value is -1.67. The molecule has 0 aromatic heterocycles. The lowest BCUT2D eigenvalue weighted by molar-refractivity contribution is 0.0816. The SMILES string of the molecule is O=C(c1ccc2c3c(cccc13)CC2)[C@@H]1CCCN(CC2CC2)C1. The van der Waals surface area contributed by atoms with Crippen molar-refractivity contribution in [3.05, 3.63) is 47.0 Å². The quantitative estimate of drug-likeness (QED) is 0.786. The van der Waals surface area contributed by atoms with Crippen LogP contribution in [0.15, 0.2) is 30.3 Å². The molecule has 0 amide bonds. The summed E-state index contributed by atoms with van der Waals surface area (Å²) in [5.41, 5.74) is 3.82. The molecule has 2 fully saturated rings. The number of piperidine rings is 1. The van der Waals surface area contributed by atoms with Crippen LogP contribution < -0.4 is 0 Å². The molecule has 0 bridgehead atoms. The Bertz CT molecular complexity index is 795. The molecule has 1 saturated carbocycles. The van der Waals surface area contributed by atoms with Crippen molar-refractivity contribution in [1.29, 1.82) is 0 Å². The van der Waals surface area contributed by atoms with Gasteiger partial charge in [0.05, 0.1) is 0 Å². The number of likely N-dealkylation sites (tertiary alicyclic amines) is 1. The van der Waals surface area contributed by atoms with E-state index in [4.69, 9.17) is 0 Å². The van der Waals surface area contributed by atoms with Crippen LogP contribution in [0.4, 0.5) is 0 Å². The van der Waals surface area contributed by atoms with Gasteiger partial charge in [0.25, 0.3) is 0 Å². The second kappa shape index (κ2) is 5.70. The molecule has 1 aliphatic heterocycles. The molecule has 1 heterocycles. The summed E-state index contributed by atoms with van der Waals surface area (Å²) < 4.78 is 0. The number of Topliss-reactive ketones (excluding diaryl/α,β-unsaturated/α-hetero) is 1. The van der Waals surface area contributed by atoms with E-state index in [1.807, 2.05) is 0 Å². The van der Waals surface area contributed by atoms with Gasteiger partial charge in [-0.05, 0) is 72.9 Å². The number of ketones is 1. The van der Waals surface area contributed by atoms with Gasteiger partial charge >= 0.3 is 0 Å². The Morgan fingerprint density at radius 3 is 2.71 bits per heavy atom. The highest BCUT2D eigenvalue weighted by atomic mass is 16.1. The number of hydrogen-bond acceptors (Lipinski definition) is 2. The van der Waals surface area contributed by atoms with Crippen LogP contribution in [0.25, 0.3) is 10.8 Å². The van der Waals surface area contributed by atoms with E-state index >= 15 is 0 Å². The van der Waals surface area contributed by atoms with Crippen LogP contribution in [0.2, 0.25) is 0 Å². The van der Waals surface area contributed by atoms with Crippen molar-refractivity contribution < 1.29 is 4.79 Å². The Balaban J connectivity index is 1.45. The van der Waals surface area contributed by atoms with Gasteiger partial charge in [0, 0.05) is 24.6 Å². The number of nitrogens with zero attached hydrogens (tertiary/aromatic N) is 1. The molecule has 2 heteroatoms. The van der Waals surface area contributed by atoms with Crippen molar-refractivity contribution in [3.63, 3.8) is 0 Å². The van der Waals surface area contributed by atoms with Crippen LogP contribution in [0.1, 0.15) is 47.2 Å². The fourth-order valence-electron chi connectivity index (χ4n) is 4.78. The van der Waals surface area contributed by atoms with Gasteiger partial charge in [0.1, 0.15) is 0 Å². The molecular weight excluding hydrogens is 294 g/mol. The maximum Gasteiger partial charge on any atom is 0.167 e. The molecule has 0 radical (unpaired) electrons. The molecule has 2 aromatic carbocycles. The number of hydrogen-bond donors (Lipinski definition) is 0. The molecule has 2 aromatic rings. The Labute approximate surface area is 143 Å². The zero-order chi connectivity index (χ0) is 16.1. The molecule has 0 unspecified atom stereocenters. The van der Waals surface area contributed by atoms with E-state index in [-0.39, 0.29) is 5.92 Å². The molecule has 124 valence electrons. The van der Waals surface area contributed by atoms with Gasteiger partial charge in [-0.15, -0.1) is 0 Å². The van der Waals surface area contributed by atoms with Gasteiger partial charge < -0.3 is 4.90 Å². The predicted octanol–water partition coefficient (Wildman–Crippen LogP) is 4.24. The summed E-state index contributed by atoms with van der Waals surface area (Å²) in [6, 6.07) is 10.8. The number of carbonyl (C=O) groups excluding carboxylic acids is 1. The van der Waals surface area contributed by atoms with E-state index in [9.17, 15) is 4.79 Å². The van der Waals surface area contributed by atoms with Gasteiger partial charge in [0.15, 0.2) is 5.78 Å². The monoisotopic (exact) mass is 319 g/mol. The average molecular weight is 319 g/mol. The molecule has 3 aliphatic rings. The summed E-state index contributed by atoms with van der Waals surface area (Å²) in [5, 5.41) is 2.57. The third kappa shape index (κ3) is 2.48. The Morgan fingerprint density at radius 1 is 1.04 bits per heavy atom. The van der Waals surface area contributed by atoms with Gasteiger partial charge in [-0.3, -0.25) is 4.79 Å². The van der Waals surface area contributed by atoms with E-state index in [0.29, 0.717) is 5.78 Å². The van der Waals surface area contributed by atoms with Crippen LogP contribution in [-0.4, -0.2) is 30.3 Å². The maximum atomic E-state index is 13.3. The summed E-state index contributed by atoms with van der Waals surface area (Å²) in [6.45, 7) is 3.37. The third-order valence-electron chi connectivity index (χ3n) is 6.23. The largest absolute Gasteiger partial charge is 0.302 e. The van der Waals surface area contributed by atoms with E-state index in [2.05, 4.69) is 35.2 Å². The molecule has 0 spiro atoms. The highest BCUT2D eigenvalue weighted by Crippen LogP contribution is 2.35. The van der Waals surface area contributed by atoms with Crippen LogP contribution >= 0.6 is 0 Å². The summed E-state index contributed by atoms with van der Waals surface area (Å²) >= 11 is 0. The topological polar surface area (TPSA) is 20.3 Å². The minimum absolute atomic E-state index is 0.191. The van der Waals surface area contributed by atoms with Gasteiger partial charge in [-0.1, -0.05) is 30.3 Å². The van der Waals surface area contributed by atoms with Crippen molar-refractivity contribution in [3.8, 4) is 0 Å². The molecule has 5 rings (SSSR count). The van der Waals surface area contributed by atoms with Crippen LogP contribution in [-0.2, 0) is 12.8 Å². The fourth-order valence-corrected chi connectivity index (χ4v) is 4.78. The highest BCUT2D eigenvalue weighted by molar-refractivity contribution is 6.11. The van der Waals surface area contributed by atoms with Crippen molar-refractivity contribution in [2.24, 2.45) is 11.8 Å². The summed E-state index contributed by atoms with van der Waals surface area (Å²) in [4.78, 5) is 15.8. The van der Waals surface area contributed by atoms with Gasteiger partial charge in [0.2, 0.25) is 0 Å². The minimum Gasteiger partial charge on any atom is -0.302 e. The number of benzene rings is 2. The first kappa shape index (κ1) is 14.7. The zero-order valence-electron chi connectivity index (χ0n) is 14.3. The van der Waals surface area contributed by atoms with Gasteiger partial charge in [-0.25, -0.2) is 0 Å². The first-order valence-electron chi connectivity index (χ1n) is 9.59. The molecule has 1 saturated heterocycles. The molecule has 1 atom stereocenters. The smallest absolute Gasteiger partial charge is 0.167 e. The minimum atomic E-state index is 0.191. The first-order chi connectivity index (χ1) is 11.8. The van der Waals surface area contributed by atoms with E-state index < -0.39 is 0 Å². The number of carbonyl (C=O) groups is 1. The number of aryl methyl sites for hydroxylation is 2. The molecule has 2 nitrogen and oxygen atoms in total. The maximum absolute atomic E-state index is 13.3. The van der Waals surface area contributed by atoms with Crippen LogP contribution in [0.3, 0.4) is 0 Å². The standard InChI is InChI=1S/C22H25NO/c24-22(18-4-2-12-23(14-18)13-15-6-7-15)20-11-10-17-9-8-16-3-1-5-19(20)21(16)17/h1,3,5,10-11,15,18H,2,4,6-9,12-14H2/t18-/m1/s1. The lowest BCUT2D eigenvalue weighted by Gasteiger charge is -2.32. The fraction of sp³-hybridized carbons (Fsp3) is 0.500. The van der Waals surface area contributed by atoms with Crippen LogP contribution in [0.5, 0.6) is 0 Å². The molecular formula is C22H25NO. The second-order valence-electron chi connectivity index (χ2n) is 8.02. The lowest BCUT2D eigenvalue weighted by atomic mass is 9.87. The normalized spacial score (nSPS) is 23.8. The van der Waals surface area contributed by atoms with E-state index in [1.54, 1.807) is 0 Å². The molecule has 24 heavy (non-hydrogen) atoms. The van der Waals surface area contributed by atoms with Gasteiger partial charge in [-0.2, -0.15) is 0 Å². The van der Waals surface area contributed by atoms with E-state index in [0.717, 1.165) is 37.3 Å². The predicted molar refractivity (Wildman–Crippen MR) is 97.6 cm³/mol. The van der Waals surface area contributed by atoms with E-state index in [1.165, 1.54) is 54.3 Å². The third-order valence-corrected chi connectivity index (χ3v) is 6.23. The summed E-state index contributed by atoms with van der Waals surface area (Å²) in [6.07, 6.45) is 7.27. The average Bonchev–Trinajstić information content (AvgIpc) is 3.33. The highest BCUT2D eigenvalue weighted by Gasteiger charge is 2.31. The summed E-state index contributed by atoms with van der Waals surface area (Å²) in [5.74, 6) is 1.48. The van der Waals surface area contributed by atoms with Crippen molar-refractivity contribution in [2.45, 2.75) is 38.5 Å². The Morgan fingerprint density at radius 2 is 1.88 bits per heavy atom. The zero-order valence-corrected chi connectivity index (χ0v) is 14.3. The Kier molecular flexibility index (Phi) is 3.48. The molecule has 0 N–H and O–H groups in total. The molecule has 2 aliphatic carbocycles. The second-order valence-corrected chi connectivity index (χ2v) is 8.02. The number of rotatable bonds is 4. The van der Waals surface area contributed by atoms with Crippen molar-refractivity contribution in [1.82, 2.24) is 4.90 Å². The van der Waals surface area contributed by atoms with Crippen molar-refractivity contribution >= 4 is 16.6 Å². The van der Waals surface area contributed by atoms with Crippen molar-refractivity contribution in [2.75, 3.05) is 19.6 Å².